The molecule has 93 heavy (non-hydrogen) atoms. The molecule has 0 amide bonds. The van der Waals surface area contributed by atoms with Crippen molar-refractivity contribution in [2.45, 2.75) is 17.8 Å². The molecule has 0 saturated heterocycles. The summed E-state index contributed by atoms with van der Waals surface area (Å²) in [4.78, 5) is 48.7. The van der Waals surface area contributed by atoms with E-state index < -0.39 is 34.2 Å². The highest BCUT2D eigenvalue weighted by molar-refractivity contribution is 6.82. The molecule has 0 atom stereocenters. The van der Waals surface area contributed by atoms with Gasteiger partial charge in [-0.25, -0.2) is 4.79 Å². The number of carbonyl (C=O) groups excluding carboxylic acids is 3. The predicted octanol–water partition coefficient (Wildman–Crippen LogP) is 20.2. The molecular weight excluding hydrogens is 1140 g/mol. The first-order chi connectivity index (χ1) is 46.1. The molecule has 0 heterocycles. The van der Waals surface area contributed by atoms with Crippen molar-refractivity contribution in [3.8, 4) is 0 Å². The first-order valence-electron chi connectivity index (χ1n) is 33.6. The van der Waals surface area contributed by atoms with Gasteiger partial charge in [0.15, 0.2) is 5.41 Å². The summed E-state index contributed by atoms with van der Waals surface area (Å²) in [6.07, 6.45) is 0. The van der Waals surface area contributed by atoms with Crippen molar-refractivity contribution in [3.63, 3.8) is 0 Å². The van der Waals surface area contributed by atoms with Crippen molar-refractivity contribution in [1.29, 1.82) is 0 Å². The maximum Gasteiger partial charge on any atom is 0.338 e. The fourth-order valence-electron chi connectivity index (χ4n) is 29.1. The van der Waals surface area contributed by atoms with Gasteiger partial charge in [-0.05, 0) is 358 Å². The van der Waals surface area contributed by atoms with Gasteiger partial charge in [0.05, 0.1) is 36.2 Å². The Balaban J connectivity index is 0.688. The Bertz CT molecular complexity index is 8410. The summed E-state index contributed by atoms with van der Waals surface area (Å²) in [5, 5.41) is 84.4. The van der Waals surface area contributed by atoms with Crippen LogP contribution in [0, 0.1) is 5.41 Å². The van der Waals surface area contributed by atoms with E-state index in [1.807, 2.05) is 25.1 Å². The normalized spacial score (nSPS) is 21.3. The maximum atomic E-state index is 17.5. The molecule has 1 fully saturated rings. The van der Waals surface area contributed by atoms with Gasteiger partial charge in [0.25, 0.3) is 0 Å². The summed E-state index contributed by atoms with van der Waals surface area (Å²) in [5.74, 6) is -1.39. The second-order valence-corrected chi connectivity index (χ2v) is 31.1. The van der Waals surface area contributed by atoms with Crippen LogP contribution in [-0.4, -0.2) is 50.9 Å². The third kappa shape index (κ3) is 2.45. The van der Waals surface area contributed by atoms with Crippen molar-refractivity contribution in [2.75, 3.05) is 33.0 Å². The molecule has 7 nitrogen and oxygen atoms in total. The zero-order valence-corrected chi connectivity index (χ0v) is 48.1. The largest absolute Gasteiger partial charge is 0.465 e. The minimum atomic E-state index is -1.84. The zero-order valence-electron chi connectivity index (χ0n) is 48.1. The molecule has 0 N–H and O–H groups in total. The average molecular weight is 1170 g/mol. The van der Waals surface area contributed by atoms with Crippen molar-refractivity contribution >= 4 is 341 Å². The Hall–Kier alpha value is -11.3. The molecule has 0 bridgehead atoms. The first kappa shape index (κ1) is 39.1. The molecule has 0 radical (unpaired) electrons. The van der Waals surface area contributed by atoms with Crippen molar-refractivity contribution in [1.82, 2.24) is 0 Å². The van der Waals surface area contributed by atoms with Crippen LogP contribution >= 0.6 is 0 Å². The molecule has 7 heteroatoms. The number of esters is 3. The standard InChI is InChI=1S/C86H22O7/c1-2-91-82(88)86(83(89)93-15-13-90-12-14-92-81(87)20-11-9-18-7-6-16-4-3-5-17-8-10-19(20)22(18)21(16)17)84-77-69-61-51-41-33-25-23-24-27-31-29(25)37-45-39(31)49-43-35(27)36-28(24)32-30-26(23)34(33)42-48-38(30)46-40(32)50-44(36)54-53(43)63-57(49)67-59(45)65(55(61)47(37)41)73(77)75(67)79-71(63)72-64(54)58(50)68-60(46)66-56(48)62(52(42)51)70(69)78(84)74(66)76(68)80(72)85(79,84)86/h3-11H,2,12-15H2,1H3. The second-order valence-electron chi connectivity index (χ2n) is 31.1. The van der Waals surface area contributed by atoms with E-state index >= 15 is 9.59 Å². The third-order valence-corrected chi connectivity index (χ3v) is 29.9. The fourth-order valence-corrected chi connectivity index (χ4v) is 29.1. The minimum absolute atomic E-state index is 0.0195. The summed E-state index contributed by atoms with van der Waals surface area (Å²) in [7, 11) is 0. The molecule has 32 aromatic carbocycles. The van der Waals surface area contributed by atoms with Crippen molar-refractivity contribution < 1.29 is 33.3 Å². The van der Waals surface area contributed by atoms with Gasteiger partial charge in [-0.3, -0.25) is 9.59 Å². The fraction of sp³-hybridized carbons (Fsp3) is 0.105. The lowest BCUT2D eigenvalue weighted by atomic mass is 9.68. The second kappa shape index (κ2) is 9.81. The lowest BCUT2D eigenvalue weighted by molar-refractivity contribution is -0.167. The van der Waals surface area contributed by atoms with E-state index in [-0.39, 0.29) is 33.0 Å². The van der Waals surface area contributed by atoms with E-state index in [0.717, 1.165) is 32.3 Å². The van der Waals surface area contributed by atoms with E-state index in [9.17, 15) is 4.79 Å². The summed E-state index contributed by atoms with van der Waals surface area (Å²) >= 11 is 0. The third-order valence-electron chi connectivity index (χ3n) is 29.9. The molecule has 0 unspecified atom stereocenters. The molecule has 5 aliphatic carbocycles. The van der Waals surface area contributed by atoms with Crippen LogP contribution < -0.4 is 0 Å². The van der Waals surface area contributed by atoms with Gasteiger partial charge in [0, 0.05) is 0 Å². The lowest BCUT2D eigenvalue weighted by Crippen LogP contribution is -2.39. The zero-order chi connectivity index (χ0) is 57.5. The summed E-state index contributed by atoms with van der Waals surface area (Å²) in [6, 6.07) is 18.5. The first-order valence-corrected chi connectivity index (χ1v) is 33.6. The molecular formula is C86H22O7. The Kier molecular flexibility index (Phi) is 4.13. The molecule has 32 aromatic rings. The van der Waals surface area contributed by atoms with E-state index in [0.29, 0.717) is 5.56 Å². The molecule has 2 spiro atoms. The van der Waals surface area contributed by atoms with Gasteiger partial charge >= 0.3 is 17.9 Å². The van der Waals surface area contributed by atoms with Crippen LogP contribution in [0.15, 0.2) is 54.6 Å². The van der Waals surface area contributed by atoms with Crippen LogP contribution in [0.1, 0.15) is 39.5 Å². The molecule has 1 saturated carbocycles. The molecule has 0 aromatic heterocycles. The van der Waals surface area contributed by atoms with Gasteiger partial charge in [-0.1, -0.05) is 48.5 Å². The van der Waals surface area contributed by atoms with Gasteiger partial charge in [0.2, 0.25) is 0 Å². The summed E-state index contributed by atoms with van der Waals surface area (Å²) < 4.78 is 26.1. The highest BCUT2D eigenvalue weighted by Crippen LogP contribution is 2.96. The van der Waals surface area contributed by atoms with Gasteiger partial charge in [0.1, 0.15) is 13.2 Å². The monoisotopic (exact) mass is 1170 g/mol. The highest BCUT2D eigenvalue weighted by atomic mass is 16.6. The van der Waals surface area contributed by atoms with E-state index in [4.69, 9.17) is 18.9 Å². The summed E-state index contributed by atoms with van der Waals surface area (Å²) in [6.45, 7) is 2.12. The number of hydrogen-bond acceptors (Lipinski definition) is 7. The SMILES string of the molecule is CCOC(=O)C1(C(=O)OCCOCCOC(=O)c2ccc3ccc4cccc5ccc2c3c45)C23c4c5c6c7c8c9c(c%10c%11c2c2c4c4c%12c5c5c6c6c8c8c%13c9c9c%10c%10c%11c%11c2c2c4c4c%12c%12c5c5c6c8c6c8c%13c9c9c%10c%10c%11c2c2c4c4c%12c5c6c5c8c9c%10c2c45)C713. The highest BCUT2D eigenvalue weighted by Gasteiger charge is 3.01. The van der Waals surface area contributed by atoms with Crippen LogP contribution in [0.5, 0.6) is 0 Å². The topological polar surface area (TPSA) is 88.1 Å². The number of ether oxygens (including phenoxy) is 4. The van der Waals surface area contributed by atoms with Gasteiger partial charge < -0.3 is 18.9 Å². The predicted molar refractivity (Wildman–Crippen MR) is 375 cm³/mol. The minimum Gasteiger partial charge on any atom is -0.465 e. The van der Waals surface area contributed by atoms with Crippen LogP contribution in [0.4, 0.5) is 0 Å². The van der Waals surface area contributed by atoms with Crippen LogP contribution in [-0.2, 0) is 39.4 Å². The number of carbonyl (C=O) groups is 3. The quantitative estimate of drug-likeness (QED) is 0.0443. The van der Waals surface area contributed by atoms with Crippen LogP contribution in [0.3, 0.4) is 0 Å². The number of rotatable bonds is 10. The maximum absolute atomic E-state index is 17.5. The lowest BCUT2D eigenvalue weighted by Gasteiger charge is -2.32. The smallest absolute Gasteiger partial charge is 0.338 e. The van der Waals surface area contributed by atoms with E-state index in [2.05, 4.69) is 36.4 Å². The molecule has 5 aliphatic rings. The Morgan fingerprint density at radius 2 is 0.527 bits per heavy atom. The van der Waals surface area contributed by atoms with Gasteiger partial charge in [-0.2, -0.15) is 0 Å². The average Bonchev–Trinajstić information content (AvgIpc) is 1.35. The Morgan fingerprint density at radius 1 is 0.269 bits per heavy atom. The number of hydrogen-bond donors (Lipinski definition) is 0. The van der Waals surface area contributed by atoms with Crippen LogP contribution in [0.25, 0.3) is 323 Å². The van der Waals surface area contributed by atoms with Crippen molar-refractivity contribution in [3.05, 3.63) is 82.4 Å². The Morgan fingerprint density at radius 3 is 0.839 bits per heavy atom. The summed E-state index contributed by atoms with van der Waals surface area (Å²) in [5.41, 5.74) is 1.16. The number of benzene rings is 22. The van der Waals surface area contributed by atoms with E-state index in [1.165, 1.54) is 302 Å². The van der Waals surface area contributed by atoms with Crippen LogP contribution in [0.2, 0.25) is 0 Å². The molecule has 37 rings (SSSR count). The molecule has 0 aliphatic heterocycles. The molecule has 408 valence electrons. The van der Waals surface area contributed by atoms with Crippen molar-refractivity contribution in [2.24, 2.45) is 5.41 Å². The van der Waals surface area contributed by atoms with E-state index in [1.54, 1.807) is 10.8 Å². The van der Waals surface area contributed by atoms with Gasteiger partial charge in [-0.15, -0.1) is 0 Å². The Labute approximate surface area is 510 Å².